The fourth-order valence-electron chi connectivity index (χ4n) is 6.86. The van der Waals surface area contributed by atoms with Crippen LogP contribution in [0.1, 0.15) is 48.9 Å². The van der Waals surface area contributed by atoms with Crippen molar-refractivity contribution in [1.29, 1.82) is 0 Å². The van der Waals surface area contributed by atoms with Crippen molar-refractivity contribution in [3.05, 3.63) is 42.0 Å². The smallest absolute Gasteiger partial charge is 0.257 e. The van der Waals surface area contributed by atoms with E-state index in [1.807, 2.05) is 18.2 Å². The van der Waals surface area contributed by atoms with E-state index in [0.29, 0.717) is 22.2 Å². The first kappa shape index (κ1) is 22.3. The molecule has 4 saturated carbocycles. The number of nitrogens with zero attached hydrogens (tertiary/aromatic N) is 1. The van der Waals surface area contributed by atoms with Gasteiger partial charge in [0.05, 0.1) is 29.9 Å². The van der Waals surface area contributed by atoms with Gasteiger partial charge in [-0.2, -0.15) is 0 Å². The summed E-state index contributed by atoms with van der Waals surface area (Å²) in [6.07, 6.45) is 7.07. The van der Waals surface area contributed by atoms with Crippen molar-refractivity contribution < 1.29 is 19.1 Å². The summed E-state index contributed by atoms with van der Waals surface area (Å²) in [5.74, 6) is 3.15. The molecule has 4 bridgehead atoms. The molecule has 0 saturated heterocycles. The molecule has 182 valence electrons. The van der Waals surface area contributed by atoms with E-state index >= 15 is 0 Å². The van der Waals surface area contributed by atoms with Gasteiger partial charge in [0.1, 0.15) is 0 Å². The highest BCUT2D eigenvalue weighted by Crippen LogP contribution is 2.60. The van der Waals surface area contributed by atoms with Crippen molar-refractivity contribution in [2.24, 2.45) is 23.2 Å². The number of nitrogens with one attached hydrogen (secondary N) is 2. The number of amides is 2. The molecule has 8 heteroatoms. The lowest BCUT2D eigenvalue weighted by Gasteiger charge is -2.55. The number of anilines is 2. The lowest BCUT2D eigenvalue weighted by atomic mass is 9.49. The second kappa shape index (κ2) is 8.52. The molecule has 4 fully saturated rings. The Bertz CT molecular complexity index is 1280. The van der Waals surface area contributed by atoms with E-state index in [2.05, 4.69) is 15.6 Å². The maximum Gasteiger partial charge on any atom is 0.257 e. The molecule has 0 unspecified atom stereocenters. The molecule has 2 amide bonds. The van der Waals surface area contributed by atoms with Gasteiger partial charge in [-0.25, -0.2) is 4.98 Å². The number of rotatable bonds is 6. The van der Waals surface area contributed by atoms with E-state index in [9.17, 15) is 9.59 Å². The second-order valence-corrected chi connectivity index (χ2v) is 11.4. The normalized spacial score (nSPS) is 26.5. The van der Waals surface area contributed by atoms with Crippen LogP contribution >= 0.6 is 11.3 Å². The van der Waals surface area contributed by atoms with Crippen LogP contribution < -0.4 is 20.1 Å². The summed E-state index contributed by atoms with van der Waals surface area (Å²) in [4.78, 5) is 30.7. The highest BCUT2D eigenvalue weighted by Gasteiger charge is 2.54. The number of ether oxygens (including phenoxy) is 2. The summed E-state index contributed by atoms with van der Waals surface area (Å²) in [6.45, 7) is 0. The van der Waals surface area contributed by atoms with Gasteiger partial charge in [-0.1, -0.05) is 11.3 Å². The summed E-state index contributed by atoms with van der Waals surface area (Å²) < 4.78 is 11.4. The van der Waals surface area contributed by atoms with Crippen LogP contribution in [0.15, 0.2) is 36.4 Å². The molecule has 1 heterocycles. The summed E-state index contributed by atoms with van der Waals surface area (Å²) in [6, 6.07) is 10.8. The zero-order chi connectivity index (χ0) is 24.2. The number of hydrogen-bond donors (Lipinski definition) is 2. The predicted octanol–water partition coefficient (Wildman–Crippen LogP) is 5.72. The molecule has 7 nitrogen and oxygen atoms in total. The van der Waals surface area contributed by atoms with E-state index < -0.39 is 0 Å². The van der Waals surface area contributed by atoms with Gasteiger partial charge in [-0.05, 0) is 92.7 Å². The number of carbonyl (C=O) groups is 2. The zero-order valence-corrected chi connectivity index (χ0v) is 20.7. The van der Waals surface area contributed by atoms with E-state index in [1.165, 1.54) is 37.7 Å². The first-order chi connectivity index (χ1) is 16.9. The predicted molar refractivity (Wildman–Crippen MR) is 136 cm³/mol. The van der Waals surface area contributed by atoms with Crippen LogP contribution in [0.4, 0.5) is 10.8 Å². The molecule has 4 aliphatic rings. The first-order valence-electron chi connectivity index (χ1n) is 12.2. The number of benzene rings is 2. The van der Waals surface area contributed by atoms with Crippen LogP contribution in [0.3, 0.4) is 0 Å². The quantitative estimate of drug-likeness (QED) is 0.460. The highest BCUT2D eigenvalue weighted by atomic mass is 32.1. The van der Waals surface area contributed by atoms with Gasteiger partial charge < -0.3 is 14.8 Å². The lowest BCUT2D eigenvalue weighted by molar-refractivity contribution is -0.140. The molecule has 2 aromatic carbocycles. The van der Waals surface area contributed by atoms with Gasteiger partial charge in [-0.3, -0.25) is 14.9 Å². The summed E-state index contributed by atoms with van der Waals surface area (Å²) in [5, 5.41) is 6.59. The second-order valence-electron chi connectivity index (χ2n) is 10.4. The number of carbonyl (C=O) groups excluding carboxylic acids is 2. The van der Waals surface area contributed by atoms with Crippen molar-refractivity contribution in [1.82, 2.24) is 4.98 Å². The number of aromatic nitrogens is 1. The Morgan fingerprint density at radius 3 is 2.26 bits per heavy atom. The number of fused-ring (bicyclic) bond motifs is 1. The number of hydrogen-bond acceptors (Lipinski definition) is 6. The van der Waals surface area contributed by atoms with Crippen molar-refractivity contribution >= 4 is 44.2 Å². The molecule has 7 rings (SSSR count). The summed E-state index contributed by atoms with van der Waals surface area (Å²) >= 11 is 1.39. The van der Waals surface area contributed by atoms with Crippen molar-refractivity contribution in [2.75, 3.05) is 24.9 Å². The van der Waals surface area contributed by atoms with E-state index in [-0.39, 0.29) is 17.2 Å². The molecule has 0 atom stereocenters. The van der Waals surface area contributed by atoms with Crippen LogP contribution in [0, 0.1) is 23.2 Å². The average molecular weight is 492 g/mol. The minimum atomic E-state index is -0.277. The summed E-state index contributed by atoms with van der Waals surface area (Å²) in [7, 11) is 3.09. The first-order valence-corrected chi connectivity index (χ1v) is 13.0. The Morgan fingerprint density at radius 1 is 0.914 bits per heavy atom. The van der Waals surface area contributed by atoms with Crippen LogP contribution in [-0.4, -0.2) is 31.0 Å². The highest BCUT2D eigenvalue weighted by molar-refractivity contribution is 7.22. The molecular weight excluding hydrogens is 462 g/mol. The topological polar surface area (TPSA) is 89.5 Å². The molecule has 1 aromatic heterocycles. The van der Waals surface area contributed by atoms with E-state index in [4.69, 9.17) is 9.47 Å². The third-order valence-electron chi connectivity index (χ3n) is 8.03. The maximum atomic E-state index is 13.4. The van der Waals surface area contributed by atoms with Crippen molar-refractivity contribution in [3.63, 3.8) is 0 Å². The zero-order valence-electron chi connectivity index (χ0n) is 19.9. The fourth-order valence-corrected chi connectivity index (χ4v) is 7.76. The van der Waals surface area contributed by atoms with Crippen molar-refractivity contribution in [2.45, 2.75) is 38.5 Å². The average Bonchev–Trinajstić information content (AvgIpc) is 3.24. The maximum absolute atomic E-state index is 13.4. The molecule has 0 aliphatic heterocycles. The minimum absolute atomic E-state index is 0.183. The Labute approximate surface area is 208 Å². The van der Waals surface area contributed by atoms with Crippen LogP contribution in [0.2, 0.25) is 0 Å². The Morgan fingerprint density at radius 2 is 1.60 bits per heavy atom. The Balaban J connectivity index is 1.17. The summed E-state index contributed by atoms with van der Waals surface area (Å²) in [5.41, 5.74) is 1.84. The van der Waals surface area contributed by atoms with Gasteiger partial charge in [0.25, 0.3) is 5.91 Å². The third kappa shape index (κ3) is 4.03. The largest absolute Gasteiger partial charge is 0.493 e. The molecule has 35 heavy (non-hydrogen) atoms. The molecule has 0 spiro atoms. The molecule has 2 N–H and O–H groups in total. The Hall–Kier alpha value is -3.13. The SMILES string of the molecule is COc1ccc(C(=O)Nc2nc3ccc(NC(=O)C45CC6CC(CC(C6)C4)C5)cc3s2)cc1OC. The van der Waals surface area contributed by atoms with Gasteiger partial charge in [-0.15, -0.1) is 0 Å². The van der Waals surface area contributed by atoms with Crippen LogP contribution in [0.5, 0.6) is 11.5 Å². The number of methoxy groups -OCH3 is 2. The molecule has 4 aliphatic carbocycles. The standard InChI is InChI=1S/C27H29N3O4S/c1-33-21-6-3-18(10-22(21)34-2)24(31)30-26-29-20-5-4-19(11-23(20)35-26)28-25(32)27-12-15-7-16(13-27)9-17(8-15)14-27/h3-6,10-11,15-17H,7-9,12-14H2,1-2H3,(H,28,32)(H,29,30,31). The van der Waals surface area contributed by atoms with Gasteiger partial charge in [0.2, 0.25) is 5.91 Å². The van der Waals surface area contributed by atoms with Crippen LogP contribution in [0.25, 0.3) is 10.2 Å². The van der Waals surface area contributed by atoms with Gasteiger partial charge in [0, 0.05) is 11.3 Å². The molecule has 0 radical (unpaired) electrons. The van der Waals surface area contributed by atoms with Gasteiger partial charge in [0.15, 0.2) is 16.6 Å². The lowest BCUT2D eigenvalue weighted by Crippen LogP contribution is -2.51. The molecule has 3 aromatic rings. The minimum Gasteiger partial charge on any atom is -0.493 e. The van der Waals surface area contributed by atoms with E-state index in [1.54, 1.807) is 25.3 Å². The number of thiazole rings is 1. The monoisotopic (exact) mass is 491 g/mol. The van der Waals surface area contributed by atoms with Crippen molar-refractivity contribution in [3.8, 4) is 11.5 Å². The van der Waals surface area contributed by atoms with Gasteiger partial charge >= 0.3 is 0 Å². The van der Waals surface area contributed by atoms with Crippen LogP contribution in [-0.2, 0) is 4.79 Å². The Kier molecular flexibility index (Phi) is 5.44. The van der Waals surface area contributed by atoms with E-state index in [0.717, 1.165) is 52.9 Å². The fraction of sp³-hybridized carbons (Fsp3) is 0.444. The molecular formula is C27H29N3O4S. The third-order valence-corrected chi connectivity index (χ3v) is 8.97.